The Morgan fingerprint density at radius 3 is 2.40 bits per heavy atom. The van der Waals surface area contributed by atoms with Gasteiger partial charge in [-0.05, 0) is 28.1 Å². The summed E-state index contributed by atoms with van der Waals surface area (Å²) in [6.45, 7) is 0. The molecule has 0 spiro atoms. The van der Waals surface area contributed by atoms with Crippen LogP contribution in [0.2, 0.25) is 0 Å². The van der Waals surface area contributed by atoms with Crippen LogP contribution in [0.5, 0.6) is 0 Å². The number of aldehydes is 1. The Morgan fingerprint density at radius 2 is 2.20 bits per heavy atom. The van der Waals surface area contributed by atoms with E-state index in [-0.39, 0.29) is 0 Å². The van der Waals surface area contributed by atoms with E-state index in [4.69, 9.17) is 9.52 Å². The molecular formula is C6H7BrO3. The second-order valence-electron chi connectivity index (χ2n) is 1.26. The third kappa shape index (κ3) is 2.80. The summed E-state index contributed by atoms with van der Waals surface area (Å²) in [6, 6.07) is 3.26. The molecule has 0 atom stereocenters. The van der Waals surface area contributed by atoms with Crippen LogP contribution in [-0.4, -0.2) is 18.5 Å². The number of rotatable bonds is 1. The third-order valence-corrected chi connectivity index (χ3v) is 1.14. The lowest BCUT2D eigenvalue weighted by Crippen LogP contribution is -1.65. The zero-order valence-electron chi connectivity index (χ0n) is 5.37. The number of carbonyl (C=O) groups is 1. The maximum Gasteiger partial charge on any atom is 0.185 e. The molecule has 0 aromatic carbocycles. The van der Waals surface area contributed by atoms with E-state index in [9.17, 15) is 4.79 Å². The standard InChI is InChI=1S/C5H3BrO2.CH4O/c6-5-2-1-4(3-7)8-5;1-2/h1-3H;2H,1H3. The molecule has 0 aliphatic carbocycles. The molecule has 1 heterocycles. The Balaban J connectivity index is 0.000000371. The van der Waals surface area contributed by atoms with Gasteiger partial charge < -0.3 is 9.52 Å². The highest BCUT2D eigenvalue weighted by Gasteiger charge is 1.93. The molecule has 1 N–H and O–H groups in total. The first kappa shape index (κ1) is 9.39. The maximum absolute atomic E-state index is 9.91. The topological polar surface area (TPSA) is 50.4 Å². The highest BCUT2D eigenvalue weighted by atomic mass is 79.9. The van der Waals surface area contributed by atoms with Gasteiger partial charge in [-0.25, -0.2) is 0 Å². The normalized spacial score (nSPS) is 7.90. The van der Waals surface area contributed by atoms with Crippen molar-refractivity contribution in [3.8, 4) is 0 Å². The number of aliphatic hydroxyl groups is 1. The van der Waals surface area contributed by atoms with E-state index in [1.165, 1.54) is 0 Å². The van der Waals surface area contributed by atoms with Crippen molar-refractivity contribution in [2.24, 2.45) is 0 Å². The number of halogens is 1. The number of carbonyl (C=O) groups excluding carboxylic acids is 1. The van der Waals surface area contributed by atoms with Crippen molar-refractivity contribution in [3.63, 3.8) is 0 Å². The molecule has 3 nitrogen and oxygen atoms in total. The summed E-state index contributed by atoms with van der Waals surface area (Å²) in [7, 11) is 1.00. The zero-order valence-corrected chi connectivity index (χ0v) is 6.96. The molecule has 4 heteroatoms. The summed E-state index contributed by atoms with van der Waals surface area (Å²) in [6.07, 6.45) is 0.657. The first-order chi connectivity index (χ1) is 4.83. The average Bonchev–Trinajstić information content (AvgIpc) is 2.40. The van der Waals surface area contributed by atoms with Crippen molar-refractivity contribution >= 4 is 22.2 Å². The van der Waals surface area contributed by atoms with Crippen LogP contribution in [-0.2, 0) is 0 Å². The molecule has 10 heavy (non-hydrogen) atoms. The molecule has 56 valence electrons. The quantitative estimate of drug-likeness (QED) is 0.709. The molecule has 0 bridgehead atoms. The van der Waals surface area contributed by atoms with E-state index in [1.807, 2.05) is 0 Å². The fraction of sp³-hybridized carbons (Fsp3) is 0.167. The Labute approximate surface area is 66.8 Å². The van der Waals surface area contributed by atoms with Crippen LogP contribution in [0.3, 0.4) is 0 Å². The average molecular weight is 207 g/mol. The number of aliphatic hydroxyl groups excluding tert-OH is 1. The first-order valence-corrected chi connectivity index (χ1v) is 3.27. The van der Waals surface area contributed by atoms with Crippen molar-refractivity contribution in [3.05, 3.63) is 22.6 Å². The van der Waals surface area contributed by atoms with Crippen molar-refractivity contribution in [2.45, 2.75) is 0 Å². The van der Waals surface area contributed by atoms with Gasteiger partial charge in [0.25, 0.3) is 0 Å². The van der Waals surface area contributed by atoms with Crippen LogP contribution in [0.1, 0.15) is 10.6 Å². The lowest BCUT2D eigenvalue weighted by molar-refractivity contribution is 0.109. The zero-order chi connectivity index (χ0) is 7.98. The molecule has 0 aliphatic rings. The minimum absolute atomic E-state index is 0.344. The van der Waals surface area contributed by atoms with E-state index >= 15 is 0 Å². The summed E-state index contributed by atoms with van der Waals surface area (Å²) in [5.74, 6) is 0.344. The second kappa shape index (κ2) is 5.20. The lowest BCUT2D eigenvalue weighted by Gasteiger charge is -1.74. The molecule has 0 saturated carbocycles. The largest absolute Gasteiger partial charge is 0.447 e. The summed E-state index contributed by atoms with van der Waals surface area (Å²) in [5.41, 5.74) is 0. The predicted octanol–water partition coefficient (Wildman–Crippen LogP) is 1.46. The van der Waals surface area contributed by atoms with Gasteiger partial charge in [-0.15, -0.1) is 0 Å². The van der Waals surface area contributed by atoms with Gasteiger partial charge in [0.1, 0.15) is 0 Å². The van der Waals surface area contributed by atoms with Crippen molar-refractivity contribution in [1.82, 2.24) is 0 Å². The molecule has 0 amide bonds. The molecule has 0 aliphatic heterocycles. The van der Waals surface area contributed by atoms with E-state index in [2.05, 4.69) is 15.9 Å². The number of hydrogen-bond acceptors (Lipinski definition) is 3. The van der Waals surface area contributed by atoms with Gasteiger partial charge in [0.15, 0.2) is 16.7 Å². The van der Waals surface area contributed by atoms with Gasteiger partial charge in [-0.3, -0.25) is 4.79 Å². The van der Waals surface area contributed by atoms with Crippen LogP contribution in [0.15, 0.2) is 21.2 Å². The highest BCUT2D eigenvalue weighted by Crippen LogP contribution is 2.11. The van der Waals surface area contributed by atoms with Gasteiger partial charge in [0, 0.05) is 7.11 Å². The monoisotopic (exact) mass is 206 g/mol. The maximum atomic E-state index is 9.91. The van der Waals surface area contributed by atoms with Gasteiger partial charge in [-0.2, -0.15) is 0 Å². The van der Waals surface area contributed by atoms with E-state index in [1.54, 1.807) is 12.1 Å². The fourth-order valence-corrected chi connectivity index (χ4v) is 0.711. The summed E-state index contributed by atoms with van der Waals surface area (Å²) < 4.78 is 5.36. The van der Waals surface area contributed by atoms with E-state index in [0.29, 0.717) is 16.7 Å². The van der Waals surface area contributed by atoms with Crippen molar-refractivity contribution < 1.29 is 14.3 Å². The lowest BCUT2D eigenvalue weighted by atomic mass is 10.5. The van der Waals surface area contributed by atoms with Gasteiger partial charge >= 0.3 is 0 Å². The summed E-state index contributed by atoms with van der Waals surface area (Å²) in [4.78, 5) is 9.91. The second-order valence-corrected chi connectivity index (χ2v) is 2.04. The van der Waals surface area contributed by atoms with E-state index < -0.39 is 0 Å². The molecular weight excluding hydrogens is 200 g/mol. The van der Waals surface area contributed by atoms with Gasteiger partial charge in [-0.1, -0.05) is 0 Å². The summed E-state index contributed by atoms with van der Waals surface area (Å²) in [5, 5.41) is 7.00. The molecule has 0 unspecified atom stereocenters. The van der Waals surface area contributed by atoms with Gasteiger partial charge in [0.05, 0.1) is 0 Å². The molecule has 1 rings (SSSR count). The predicted molar refractivity (Wildman–Crippen MR) is 39.9 cm³/mol. The van der Waals surface area contributed by atoms with Crippen LogP contribution < -0.4 is 0 Å². The van der Waals surface area contributed by atoms with Crippen LogP contribution in [0, 0.1) is 0 Å². The van der Waals surface area contributed by atoms with E-state index in [0.717, 1.165) is 7.11 Å². The molecule has 0 saturated heterocycles. The Kier molecular flexibility index (Phi) is 4.88. The first-order valence-electron chi connectivity index (χ1n) is 2.48. The van der Waals surface area contributed by atoms with Crippen LogP contribution in [0.4, 0.5) is 0 Å². The van der Waals surface area contributed by atoms with Gasteiger partial charge in [0.2, 0.25) is 0 Å². The Bertz CT molecular complexity index is 195. The number of hydrogen-bond donors (Lipinski definition) is 1. The Hall–Kier alpha value is -0.610. The summed E-state index contributed by atoms with van der Waals surface area (Å²) >= 11 is 3.05. The highest BCUT2D eigenvalue weighted by molar-refractivity contribution is 9.10. The molecule has 1 aromatic rings. The third-order valence-electron chi connectivity index (χ3n) is 0.710. The smallest absolute Gasteiger partial charge is 0.185 e. The minimum Gasteiger partial charge on any atom is -0.447 e. The molecule has 1 aromatic heterocycles. The molecule has 0 fully saturated rings. The Morgan fingerprint density at radius 1 is 1.60 bits per heavy atom. The molecule has 0 radical (unpaired) electrons. The SMILES string of the molecule is CO.O=Cc1ccc(Br)o1. The van der Waals surface area contributed by atoms with Crippen LogP contribution in [0.25, 0.3) is 0 Å². The van der Waals surface area contributed by atoms with Crippen LogP contribution >= 0.6 is 15.9 Å². The fourth-order valence-electron chi connectivity index (χ4n) is 0.392. The van der Waals surface area contributed by atoms with Crippen molar-refractivity contribution in [2.75, 3.05) is 7.11 Å². The van der Waals surface area contributed by atoms with Crippen molar-refractivity contribution in [1.29, 1.82) is 0 Å². The number of furan rings is 1. The minimum atomic E-state index is 0.344.